The van der Waals surface area contributed by atoms with Crippen LogP contribution in [0, 0.1) is 5.41 Å². The second-order valence-corrected chi connectivity index (χ2v) is 10.9. The van der Waals surface area contributed by atoms with Gasteiger partial charge < -0.3 is 19.5 Å². The number of aliphatic carboxylic acids is 1. The molecule has 0 saturated carbocycles. The van der Waals surface area contributed by atoms with Crippen molar-refractivity contribution in [3.63, 3.8) is 0 Å². The highest BCUT2D eigenvalue weighted by Gasteiger charge is 2.45. The van der Waals surface area contributed by atoms with E-state index < -0.39 is 5.97 Å². The van der Waals surface area contributed by atoms with Crippen LogP contribution >= 0.6 is 0 Å². The molecule has 1 N–H and O–H groups in total. The maximum absolute atomic E-state index is 10.8. The van der Waals surface area contributed by atoms with Crippen molar-refractivity contribution < 1.29 is 23.9 Å². The number of ether oxygens (including phenoxy) is 2. The third-order valence-corrected chi connectivity index (χ3v) is 7.62. The molecule has 0 aliphatic carbocycles. The van der Waals surface area contributed by atoms with E-state index in [9.17, 15) is 4.79 Å². The molecule has 0 bridgehead atoms. The van der Waals surface area contributed by atoms with E-state index in [0.29, 0.717) is 6.42 Å². The second kappa shape index (κ2) is 12.7. The summed E-state index contributed by atoms with van der Waals surface area (Å²) in [4.78, 5) is 23.0. The Balaban J connectivity index is 0.00000216. The number of nitrogens with zero attached hydrogens (tertiary/aromatic N) is 4. The number of aromatic nitrogens is 1. The second-order valence-electron chi connectivity index (χ2n) is 10.9. The molecule has 0 amide bonds. The third-order valence-electron chi connectivity index (χ3n) is 7.62. The van der Waals surface area contributed by atoms with Crippen molar-refractivity contribution in [1.82, 2.24) is 4.90 Å². The SMILES string of the molecule is CC.COC1=C2C(=N/C(=C\C=C\C3=Nc4c(c(OC)cc[n+]4C)C3(C)C)C2(C)C)N(CCCCCC(=O)O)C=C1. The third kappa shape index (κ3) is 5.91. The summed E-state index contributed by atoms with van der Waals surface area (Å²) in [5.41, 5.74) is 3.42. The van der Waals surface area contributed by atoms with E-state index >= 15 is 0 Å². The number of allylic oxidation sites excluding steroid dienone is 5. The maximum atomic E-state index is 10.8. The van der Waals surface area contributed by atoms with Gasteiger partial charge >= 0.3 is 11.8 Å². The van der Waals surface area contributed by atoms with Crippen molar-refractivity contribution in [3.05, 3.63) is 65.4 Å². The lowest BCUT2D eigenvalue weighted by Gasteiger charge is -2.30. The molecule has 3 aliphatic rings. The lowest BCUT2D eigenvalue weighted by molar-refractivity contribution is -0.658. The molecule has 1 aromatic heterocycles. The molecule has 8 heteroatoms. The Labute approximate surface area is 239 Å². The number of hydrogen-bond donors (Lipinski definition) is 1. The van der Waals surface area contributed by atoms with Crippen molar-refractivity contribution >= 4 is 23.3 Å². The predicted octanol–water partition coefficient (Wildman–Crippen LogP) is 6.16. The van der Waals surface area contributed by atoms with Gasteiger partial charge in [-0.1, -0.05) is 26.3 Å². The van der Waals surface area contributed by atoms with Gasteiger partial charge in [-0.15, -0.1) is 0 Å². The molecule has 40 heavy (non-hydrogen) atoms. The van der Waals surface area contributed by atoms with Crippen LogP contribution in [0.15, 0.2) is 69.8 Å². The zero-order chi connectivity index (χ0) is 29.7. The van der Waals surface area contributed by atoms with E-state index in [0.717, 1.165) is 65.1 Å². The van der Waals surface area contributed by atoms with Gasteiger partial charge in [-0.05, 0) is 63.8 Å². The monoisotopic (exact) mass is 549 g/mol. The van der Waals surface area contributed by atoms with Crippen molar-refractivity contribution in [3.8, 4) is 5.75 Å². The van der Waals surface area contributed by atoms with Gasteiger partial charge in [0, 0.05) is 36.2 Å². The first-order valence-electron chi connectivity index (χ1n) is 14.1. The molecule has 0 atom stereocenters. The highest BCUT2D eigenvalue weighted by atomic mass is 16.5. The Morgan fingerprint density at radius 3 is 2.45 bits per heavy atom. The highest BCUT2D eigenvalue weighted by Crippen LogP contribution is 2.47. The lowest BCUT2D eigenvalue weighted by Crippen LogP contribution is -2.33. The molecule has 0 fully saturated rings. The lowest BCUT2D eigenvalue weighted by atomic mass is 9.80. The summed E-state index contributed by atoms with van der Waals surface area (Å²) in [5.74, 6) is 2.73. The summed E-state index contributed by atoms with van der Waals surface area (Å²) < 4.78 is 13.4. The minimum absolute atomic E-state index is 0.209. The Bertz CT molecular complexity index is 1310. The number of aryl methyl sites for hydroxylation is 1. The minimum atomic E-state index is -0.744. The van der Waals surface area contributed by atoms with Gasteiger partial charge in [0.05, 0.1) is 38.6 Å². The van der Waals surface area contributed by atoms with Crippen LogP contribution < -0.4 is 9.30 Å². The number of aliphatic imine (C=N–C) groups is 2. The quantitative estimate of drug-likeness (QED) is 0.279. The fraction of sp³-hybridized carbons (Fsp3) is 0.500. The van der Waals surface area contributed by atoms with Crippen molar-refractivity contribution in [2.75, 3.05) is 20.8 Å². The summed E-state index contributed by atoms with van der Waals surface area (Å²) in [5, 5.41) is 8.89. The smallest absolute Gasteiger partial charge is 0.331 e. The van der Waals surface area contributed by atoms with Gasteiger partial charge in [0.25, 0.3) is 0 Å². The first-order chi connectivity index (χ1) is 19.0. The Hall–Kier alpha value is -3.68. The van der Waals surface area contributed by atoms with Gasteiger partial charge in [0.1, 0.15) is 22.9 Å². The molecule has 0 spiro atoms. The number of carbonyl (C=O) groups is 1. The zero-order valence-electron chi connectivity index (χ0n) is 25.5. The highest BCUT2D eigenvalue weighted by molar-refractivity contribution is 6.08. The summed E-state index contributed by atoms with van der Waals surface area (Å²) >= 11 is 0. The zero-order valence-corrected chi connectivity index (χ0v) is 25.5. The van der Waals surface area contributed by atoms with Crippen LogP contribution in [0.5, 0.6) is 5.75 Å². The van der Waals surface area contributed by atoms with Gasteiger partial charge in [0.2, 0.25) is 0 Å². The molecule has 4 heterocycles. The van der Waals surface area contributed by atoms with Crippen LogP contribution in [0.25, 0.3) is 0 Å². The van der Waals surface area contributed by atoms with Gasteiger partial charge in [-0.25, -0.2) is 9.56 Å². The van der Waals surface area contributed by atoms with E-state index in [1.54, 1.807) is 14.2 Å². The van der Waals surface area contributed by atoms with E-state index in [4.69, 9.17) is 24.6 Å². The van der Waals surface area contributed by atoms with Gasteiger partial charge in [-0.3, -0.25) is 4.79 Å². The number of rotatable bonds is 10. The van der Waals surface area contributed by atoms with Crippen LogP contribution in [0.4, 0.5) is 5.82 Å². The summed E-state index contributed by atoms with van der Waals surface area (Å²) in [6, 6.07) is 1.98. The fourth-order valence-corrected chi connectivity index (χ4v) is 5.36. The van der Waals surface area contributed by atoms with Crippen molar-refractivity contribution in [2.45, 2.75) is 72.6 Å². The van der Waals surface area contributed by atoms with Crippen LogP contribution in [0.3, 0.4) is 0 Å². The number of carboxylic acids is 1. The Morgan fingerprint density at radius 2 is 1.80 bits per heavy atom. The van der Waals surface area contributed by atoms with Crippen molar-refractivity contribution in [2.24, 2.45) is 22.4 Å². The van der Waals surface area contributed by atoms with Gasteiger partial charge in [0.15, 0.2) is 5.71 Å². The van der Waals surface area contributed by atoms with Crippen LogP contribution in [-0.4, -0.2) is 48.3 Å². The van der Waals surface area contributed by atoms with Crippen LogP contribution in [0.2, 0.25) is 0 Å². The van der Waals surface area contributed by atoms with Gasteiger partial charge in [-0.2, -0.15) is 0 Å². The van der Waals surface area contributed by atoms with Crippen LogP contribution in [0.1, 0.15) is 72.8 Å². The Morgan fingerprint density at radius 1 is 1.07 bits per heavy atom. The number of fused-ring (bicyclic) bond motifs is 2. The Kier molecular flexibility index (Phi) is 9.77. The number of methoxy groups -OCH3 is 2. The number of amidine groups is 1. The number of unbranched alkanes of at least 4 members (excludes halogenated alkanes) is 2. The van der Waals surface area contributed by atoms with E-state index in [1.165, 1.54) is 0 Å². The van der Waals surface area contributed by atoms with E-state index in [2.05, 4.69) is 44.7 Å². The number of hydrogen-bond acceptors (Lipinski definition) is 6. The topological polar surface area (TPSA) is 87.6 Å². The molecule has 0 radical (unpaired) electrons. The molecule has 0 unspecified atom stereocenters. The number of pyridine rings is 1. The summed E-state index contributed by atoms with van der Waals surface area (Å²) in [7, 11) is 5.39. The number of carboxylic acid groups (broad SMARTS) is 1. The molecule has 1 aromatic rings. The first-order valence-corrected chi connectivity index (χ1v) is 14.1. The van der Waals surface area contributed by atoms with E-state index in [-0.39, 0.29) is 17.3 Å². The molecule has 3 aliphatic heterocycles. The molecular weight excluding hydrogens is 504 g/mol. The fourth-order valence-electron chi connectivity index (χ4n) is 5.36. The van der Waals surface area contributed by atoms with E-state index in [1.807, 2.05) is 56.1 Å². The standard InChI is InChI=1S/C30H38N4O4.C2H6/c1-29(2)22(31-27-25(29)20(37-6)15-18-33(27)5)12-11-13-23-30(3,4)26-21(38-7)16-19-34(28(26)32-23)17-10-8-9-14-24(35)36;1-2/h11-13,15-16,18-19H,8-10,14,17H2,1-7H3;1-2H3/p+1. The summed E-state index contributed by atoms with van der Waals surface area (Å²) in [6.45, 7) is 13.4. The van der Waals surface area contributed by atoms with Crippen molar-refractivity contribution in [1.29, 1.82) is 0 Å². The first kappa shape index (κ1) is 30.9. The average molecular weight is 550 g/mol. The molecule has 0 aromatic carbocycles. The minimum Gasteiger partial charge on any atom is -0.496 e. The molecular formula is C32H45N4O4+. The molecule has 216 valence electrons. The molecule has 4 rings (SSSR count). The average Bonchev–Trinajstić information content (AvgIpc) is 3.35. The largest absolute Gasteiger partial charge is 0.496 e. The summed E-state index contributed by atoms with van der Waals surface area (Å²) in [6.07, 6.45) is 14.8. The maximum Gasteiger partial charge on any atom is 0.331 e. The normalized spacial score (nSPS) is 19.2. The van der Waals surface area contributed by atoms with Crippen LogP contribution in [-0.2, 0) is 22.0 Å². The predicted molar refractivity (Wildman–Crippen MR) is 160 cm³/mol. The molecule has 0 saturated heterocycles. The molecule has 8 nitrogen and oxygen atoms in total.